The lowest BCUT2D eigenvalue weighted by Crippen LogP contribution is -2.37. The Bertz CT molecular complexity index is 155. The Labute approximate surface area is 75.1 Å². The zero-order valence-corrected chi connectivity index (χ0v) is 8.50. The van der Waals surface area contributed by atoms with Gasteiger partial charge in [-0.1, -0.05) is 0 Å². The first-order valence-electron chi connectivity index (χ1n) is 4.23. The number of likely N-dealkylation sites (N-methyl/N-ethyl adjacent to an activating group) is 1. The minimum Gasteiger partial charge on any atom is -0.374 e. The molecule has 0 aliphatic rings. The molecule has 0 rings (SSSR count). The maximum absolute atomic E-state index is 8.46. The van der Waals surface area contributed by atoms with Crippen molar-refractivity contribution < 1.29 is 9.22 Å². The quantitative estimate of drug-likeness (QED) is 0.454. The van der Waals surface area contributed by atoms with Crippen molar-refractivity contribution in [1.82, 2.24) is 0 Å². The largest absolute Gasteiger partial charge is 0.374 e. The van der Waals surface area contributed by atoms with Crippen LogP contribution in [0, 0.1) is 17.2 Å². The number of rotatable bonds is 5. The molecule has 0 aromatic rings. The van der Waals surface area contributed by atoms with Crippen LogP contribution in [-0.2, 0) is 4.74 Å². The van der Waals surface area contributed by atoms with Gasteiger partial charge in [0.25, 0.3) is 0 Å². The molecule has 3 heteroatoms. The number of ether oxygens (including phenoxy) is 1. The standard InChI is InChI=1S/C9H19N2O/c1-9(7-10)8-12-6-5-11(2,3)4/h9H,5-6,8H2,1-4H3/q+1. The lowest BCUT2D eigenvalue weighted by Gasteiger charge is -2.23. The molecule has 70 valence electrons. The summed E-state index contributed by atoms with van der Waals surface area (Å²) in [5.74, 6) is 0.0115. The lowest BCUT2D eigenvalue weighted by molar-refractivity contribution is -0.870. The van der Waals surface area contributed by atoms with E-state index in [0.717, 1.165) is 17.6 Å². The Morgan fingerprint density at radius 3 is 2.42 bits per heavy atom. The van der Waals surface area contributed by atoms with Gasteiger partial charge in [-0.25, -0.2) is 0 Å². The van der Waals surface area contributed by atoms with Crippen LogP contribution < -0.4 is 0 Å². The molecule has 0 aromatic carbocycles. The average Bonchev–Trinajstić information content (AvgIpc) is 1.96. The molecule has 0 N–H and O–H groups in total. The van der Waals surface area contributed by atoms with Gasteiger partial charge in [0.05, 0.1) is 46.3 Å². The highest BCUT2D eigenvalue weighted by atomic mass is 16.5. The summed E-state index contributed by atoms with van der Waals surface area (Å²) in [6.45, 7) is 4.14. The lowest BCUT2D eigenvalue weighted by atomic mass is 10.2. The third-order valence-electron chi connectivity index (χ3n) is 1.49. The van der Waals surface area contributed by atoms with E-state index in [1.165, 1.54) is 0 Å². The Morgan fingerprint density at radius 2 is 2.00 bits per heavy atom. The molecule has 1 unspecified atom stereocenters. The van der Waals surface area contributed by atoms with Gasteiger partial charge in [-0.05, 0) is 6.92 Å². The molecule has 0 radical (unpaired) electrons. The van der Waals surface area contributed by atoms with Crippen LogP contribution in [-0.4, -0.2) is 45.4 Å². The van der Waals surface area contributed by atoms with Crippen LogP contribution in [0.15, 0.2) is 0 Å². The van der Waals surface area contributed by atoms with Gasteiger partial charge in [0.1, 0.15) is 6.54 Å². The van der Waals surface area contributed by atoms with E-state index in [0.29, 0.717) is 6.61 Å². The first kappa shape index (κ1) is 11.4. The fourth-order valence-electron chi connectivity index (χ4n) is 0.636. The molecule has 0 heterocycles. The van der Waals surface area contributed by atoms with Crippen molar-refractivity contribution in [3.8, 4) is 6.07 Å². The summed E-state index contributed by atoms with van der Waals surface area (Å²) < 4.78 is 6.23. The predicted molar refractivity (Wildman–Crippen MR) is 48.5 cm³/mol. The maximum atomic E-state index is 8.46. The van der Waals surface area contributed by atoms with E-state index in [9.17, 15) is 0 Å². The van der Waals surface area contributed by atoms with Crippen molar-refractivity contribution in [2.24, 2.45) is 5.92 Å². The molecule has 0 aliphatic heterocycles. The van der Waals surface area contributed by atoms with E-state index < -0.39 is 0 Å². The normalized spacial score (nSPS) is 13.9. The Morgan fingerprint density at radius 1 is 1.42 bits per heavy atom. The zero-order valence-electron chi connectivity index (χ0n) is 8.50. The highest BCUT2D eigenvalue weighted by molar-refractivity contribution is 4.77. The summed E-state index contributed by atoms with van der Waals surface area (Å²) >= 11 is 0. The van der Waals surface area contributed by atoms with Crippen LogP contribution in [0.3, 0.4) is 0 Å². The molecule has 1 atom stereocenters. The van der Waals surface area contributed by atoms with Gasteiger partial charge in [0, 0.05) is 0 Å². The highest BCUT2D eigenvalue weighted by Gasteiger charge is 2.06. The third kappa shape index (κ3) is 7.52. The summed E-state index contributed by atoms with van der Waals surface area (Å²) in [6.07, 6.45) is 0. The van der Waals surface area contributed by atoms with Gasteiger partial charge in [0.2, 0.25) is 0 Å². The molecule has 3 nitrogen and oxygen atoms in total. The van der Waals surface area contributed by atoms with Gasteiger partial charge in [-0.3, -0.25) is 0 Å². The van der Waals surface area contributed by atoms with E-state index in [1.807, 2.05) is 6.92 Å². The van der Waals surface area contributed by atoms with Gasteiger partial charge < -0.3 is 9.22 Å². The smallest absolute Gasteiger partial charge is 0.102 e. The maximum Gasteiger partial charge on any atom is 0.102 e. The number of hydrogen-bond donors (Lipinski definition) is 0. The molecule has 0 saturated heterocycles. The summed E-state index contributed by atoms with van der Waals surface area (Å²) in [5, 5.41) is 8.46. The first-order chi connectivity index (χ1) is 5.45. The second-order valence-electron chi connectivity index (χ2n) is 4.12. The molecular weight excluding hydrogens is 152 g/mol. The number of nitriles is 1. The van der Waals surface area contributed by atoms with Crippen molar-refractivity contribution in [2.75, 3.05) is 40.9 Å². The molecule has 0 aliphatic carbocycles. The van der Waals surface area contributed by atoms with E-state index in [1.54, 1.807) is 0 Å². The van der Waals surface area contributed by atoms with E-state index >= 15 is 0 Å². The Hall–Kier alpha value is -0.590. The van der Waals surface area contributed by atoms with Crippen LogP contribution in [0.25, 0.3) is 0 Å². The predicted octanol–water partition coefficient (Wildman–Crippen LogP) is 0.869. The fraction of sp³-hybridized carbons (Fsp3) is 0.889. The van der Waals surface area contributed by atoms with Crippen LogP contribution in [0.2, 0.25) is 0 Å². The van der Waals surface area contributed by atoms with Crippen molar-refractivity contribution in [3.63, 3.8) is 0 Å². The van der Waals surface area contributed by atoms with Gasteiger partial charge in [0.15, 0.2) is 0 Å². The van der Waals surface area contributed by atoms with Crippen LogP contribution in [0.5, 0.6) is 0 Å². The zero-order chi connectivity index (χ0) is 9.61. The molecule has 0 aromatic heterocycles. The number of nitrogens with zero attached hydrogens (tertiary/aromatic N) is 2. The molecule has 0 saturated carbocycles. The average molecular weight is 171 g/mol. The van der Waals surface area contributed by atoms with Crippen molar-refractivity contribution >= 4 is 0 Å². The van der Waals surface area contributed by atoms with Crippen LogP contribution >= 0.6 is 0 Å². The monoisotopic (exact) mass is 171 g/mol. The number of quaternary nitrogens is 1. The third-order valence-corrected chi connectivity index (χ3v) is 1.49. The fourth-order valence-corrected chi connectivity index (χ4v) is 0.636. The van der Waals surface area contributed by atoms with Gasteiger partial charge in [-0.15, -0.1) is 0 Å². The second-order valence-corrected chi connectivity index (χ2v) is 4.12. The summed E-state index contributed by atoms with van der Waals surface area (Å²) in [7, 11) is 6.37. The van der Waals surface area contributed by atoms with E-state index in [2.05, 4.69) is 27.2 Å². The van der Waals surface area contributed by atoms with Crippen molar-refractivity contribution in [3.05, 3.63) is 0 Å². The minimum absolute atomic E-state index is 0.0115. The molecule has 0 fully saturated rings. The molecular formula is C9H19N2O+. The SMILES string of the molecule is CC(C#N)COCC[N+](C)(C)C. The summed E-state index contributed by atoms with van der Waals surface area (Å²) in [4.78, 5) is 0. The highest BCUT2D eigenvalue weighted by Crippen LogP contribution is 1.94. The summed E-state index contributed by atoms with van der Waals surface area (Å²) in [5.41, 5.74) is 0. The molecule has 0 bridgehead atoms. The van der Waals surface area contributed by atoms with E-state index in [-0.39, 0.29) is 5.92 Å². The van der Waals surface area contributed by atoms with Crippen LogP contribution in [0.1, 0.15) is 6.92 Å². The van der Waals surface area contributed by atoms with E-state index in [4.69, 9.17) is 10.00 Å². The minimum atomic E-state index is 0.0115. The molecule has 12 heavy (non-hydrogen) atoms. The topological polar surface area (TPSA) is 33.0 Å². The number of hydrogen-bond acceptors (Lipinski definition) is 2. The molecule has 0 amide bonds. The second kappa shape index (κ2) is 5.13. The van der Waals surface area contributed by atoms with Crippen molar-refractivity contribution in [2.45, 2.75) is 6.92 Å². The van der Waals surface area contributed by atoms with Crippen molar-refractivity contribution in [1.29, 1.82) is 5.26 Å². The Balaban J connectivity index is 3.29. The van der Waals surface area contributed by atoms with Gasteiger partial charge >= 0.3 is 0 Å². The first-order valence-corrected chi connectivity index (χ1v) is 4.23. The van der Waals surface area contributed by atoms with Crippen LogP contribution in [0.4, 0.5) is 0 Å². The molecule has 0 spiro atoms. The Kier molecular flexibility index (Phi) is 4.87. The summed E-state index contributed by atoms with van der Waals surface area (Å²) in [6, 6.07) is 2.13. The van der Waals surface area contributed by atoms with Gasteiger partial charge in [-0.2, -0.15) is 5.26 Å².